The quantitative estimate of drug-likeness (QED) is 0.556. The van der Waals surface area contributed by atoms with E-state index in [0.29, 0.717) is 5.56 Å². The molecule has 0 fully saturated rings. The van der Waals surface area contributed by atoms with Crippen molar-refractivity contribution in [3.63, 3.8) is 0 Å². The van der Waals surface area contributed by atoms with Crippen LogP contribution in [0.2, 0.25) is 0 Å². The molecule has 2 rings (SSSR count). The molecule has 2 aromatic rings. The molecule has 2 aromatic carbocycles. The first-order valence-electron chi connectivity index (χ1n) is 7.93. The Balaban J connectivity index is 1.97. The van der Waals surface area contributed by atoms with Gasteiger partial charge in [-0.3, -0.25) is 0 Å². The first kappa shape index (κ1) is 21.4. The summed E-state index contributed by atoms with van der Waals surface area (Å²) in [6.07, 6.45) is -4.42. The van der Waals surface area contributed by atoms with Crippen molar-refractivity contribution < 1.29 is 31.1 Å². The average Bonchev–Trinajstić information content (AvgIpc) is 2.66. The minimum Gasteiger partial charge on any atom is -0.457 e. The number of carbonyl (C=O) groups excluding carboxylic acids is 1. The minimum atomic E-state index is -4.44. The first-order valence-corrected chi connectivity index (χ1v) is 9.42. The van der Waals surface area contributed by atoms with Crippen LogP contribution in [-0.4, -0.2) is 20.9 Å². The Kier molecular flexibility index (Phi) is 6.77. The lowest BCUT2D eigenvalue weighted by Gasteiger charge is -2.09. The van der Waals surface area contributed by atoms with Crippen LogP contribution in [0.4, 0.5) is 13.2 Å². The third-order valence-electron chi connectivity index (χ3n) is 3.58. The molecule has 0 aliphatic heterocycles. The highest BCUT2D eigenvalue weighted by Crippen LogP contribution is 2.29. The summed E-state index contributed by atoms with van der Waals surface area (Å²) in [5, 5.41) is 8.43. The van der Waals surface area contributed by atoms with Gasteiger partial charge in [-0.25, -0.2) is 17.9 Å². The Bertz CT molecular complexity index is 964. The van der Waals surface area contributed by atoms with Crippen LogP contribution in [0.5, 0.6) is 0 Å². The van der Waals surface area contributed by atoms with E-state index >= 15 is 0 Å². The zero-order valence-electron chi connectivity index (χ0n) is 14.4. The minimum absolute atomic E-state index is 0.0214. The Hall–Kier alpha value is -2.90. The van der Waals surface area contributed by atoms with Crippen LogP contribution < -0.4 is 4.72 Å². The van der Waals surface area contributed by atoms with E-state index in [1.54, 1.807) is 0 Å². The topological polar surface area (TPSA) is 96.3 Å². The number of esters is 1. The molecule has 1 N–H and O–H groups in total. The average molecular weight is 412 g/mol. The molecule has 6 nitrogen and oxygen atoms in total. The van der Waals surface area contributed by atoms with Gasteiger partial charge in [0.05, 0.1) is 22.1 Å². The molecule has 0 spiro atoms. The smallest absolute Gasteiger partial charge is 0.416 e. The van der Waals surface area contributed by atoms with Gasteiger partial charge in [0.25, 0.3) is 0 Å². The van der Waals surface area contributed by atoms with Crippen LogP contribution in [0.25, 0.3) is 0 Å². The fourth-order valence-electron chi connectivity index (χ4n) is 2.12. The van der Waals surface area contributed by atoms with Crippen molar-refractivity contribution in [1.29, 1.82) is 5.26 Å². The number of hydrogen-bond donors (Lipinski definition) is 1. The Morgan fingerprint density at radius 1 is 1.07 bits per heavy atom. The standard InChI is InChI=1S/C18H15F3N2O4S/c19-18(20,21)15-6-2-13(3-7-15)12-27-17(24)14-4-8-16(9-5-14)28(25,26)23-11-1-10-22/h2-9,23H,1,11-12H2. The normalized spacial score (nSPS) is 11.6. The van der Waals surface area contributed by atoms with Gasteiger partial charge in [-0.05, 0) is 42.0 Å². The van der Waals surface area contributed by atoms with E-state index in [1.165, 1.54) is 36.4 Å². The monoisotopic (exact) mass is 412 g/mol. The number of benzene rings is 2. The number of alkyl halides is 3. The van der Waals surface area contributed by atoms with Crippen molar-refractivity contribution in [2.24, 2.45) is 0 Å². The number of hydrogen-bond acceptors (Lipinski definition) is 5. The van der Waals surface area contributed by atoms with Crippen molar-refractivity contribution in [2.75, 3.05) is 6.54 Å². The van der Waals surface area contributed by atoms with Crippen LogP contribution in [-0.2, 0) is 27.5 Å². The Labute approximate surface area is 159 Å². The van der Waals surface area contributed by atoms with Crippen molar-refractivity contribution in [1.82, 2.24) is 4.72 Å². The zero-order valence-corrected chi connectivity index (χ0v) is 15.2. The van der Waals surface area contributed by atoms with Gasteiger partial charge in [-0.1, -0.05) is 12.1 Å². The number of carbonyl (C=O) groups is 1. The second-order valence-electron chi connectivity index (χ2n) is 5.60. The largest absolute Gasteiger partial charge is 0.457 e. The lowest BCUT2D eigenvalue weighted by atomic mass is 10.1. The third-order valence-corrected chi connectivity index (χ3v) is 5.06. The van der Waals surface area contributed by atoms with Gasteiger partial charge in [0.1, 0.15) is 6.61 Å². The van der Waals surface area contributed by atoms with Gasteiger partial charge in [0, 0.05) is 13.0 Å². The Morgan fingerprint density at radius 3 is 2.21 bits per heavy atom. The molecule has 0 unspecified atom stereocenters. The van der Waals surface area contributed by atoms with E-state index in [2.05, 4.69) is 4.72 Å². The third kappa shape index (κ3) is 5.80. The molecule has 0 aliphatic carbocycles. The molecule has 148 valence electrons. The van der Waals surface area contributed by atoms with Gasteiger partial charge in [-0.15, -0.1) is 0 Å². The molecule has 0 amide bonds. The molecule has 0 aromatic heterocycles. The van der Waals surface area contributed by atoms with Crippen LogP contribution >= 0.6 is 0 Å². The van der Waals surface area contributed by atoms with E-state index in [9.17, 15) is 26.4 Å². The van der Waals surface area contributed by atoms with E-state index < -0.39 is 27.7 Å². The number of ether oxygens (including phenoxy) is 1. The Morgan fingerprint density at radius 2 is 1.68 bits per heavy atom. The maximum absolute atomic E-state index is 12.5. The maximum Gasteiger partial charge on any atom is 0.416 e. The number of rotatable bonds is 7. The number of halogens is 3. The number of nitrogens with one attached hydrogen (secondary N) is 1. The lowest BCUT2D eigenvalue weighted by Crippen LogP contribution is -2.24. The lowest BCUT2D eigenvalue weighted by molar-refractivity contribution is -0.137. The molecule has 0 saturated carbocycles. The highest BCUT2D eigenvalue weighted by molar-refractivity contribution is 7.89. The predicted octanol–water partition coefficient (Wildman–Crippen LogP) is 3.25. The van der Waals surface area contributed by atoms with Gasteiger partial charge in [0.2, 0.25) is 10.0 Å². The van der Waals surface area contributed by atoms with Crippen LogP contribution in [0.3, 0.4) is 0 Å². The SMILES string of the molecule is N#CCCNS(=O)(=O)c1ccc(C(=O)OCc2ccc(C(F)(F)F)cc2)cc1. The fraction of sp³-hybridized carbons (Fsp3) is 0.222. The van der Waals surface area contributed by atoms with E-state index in [1.807, 2.05) is 6.07 Å². The number of sulfonamides is 1. The second-order valence-corrected chi connectivity index (χ2v) is 7.37. The summed E-state index contributed by atoms with van der Waals surface area (Å²) in [7, 11) is -3.79. The van der Waals surface area contributed by atoms with E-state index in [0.717, 1.165) is 12.1 Å². The summed E-state index contributed by atoms with van der Waals surface area (Å²) >= 11 is 0. The fourth-order valence-corrected chi connectivity index (χ4v) is 3.15. The molecule has 0 saturated heterocycles. The zero-order chi connectivity index (χ0) is 20.8. The summed E-state index contributed by atoms with van der Waals surface area (Å²) < 4.78 is 68.8. The molecule has 0 bridgehead atoms. The van der Waals surface area contributed by atoms with Gasteiger partial charge in [-0.2, -0.15) is 18.4 Å². The summed E-state index contributed by atoms with van der Waals surface area (Å²) in [5.41, 5.74) is -0.340. The van der Waals surface area contributed by atoms with Gasteiger partial charge < -0.3 is 4.74 Å². The molecule has 0 atom stereocenters. The van der Waals surface area contributed by atoms with Gasteiger partial charge in [0.15, 0.2) is 0 Å². The van der Waals surface area contributed by atoms with Crippen LogP contribution in [0.1, 0.15) is 27.9 Å². The second kappa shape index (κ2) is 8.86. The highest BCUT2D eigenvalue weighted by Gasteiger charge is 2.29. The summed E-state index contributed by atoms with van der Waals surface area (Å²) in [5.74, 6) is -0.749. The van der Waals surface area contributed by atoms with Crippen molar-refractivity contribution in [2.45, 2.75) is 24.1 Å². The molecular formula is C18H15F3N2O4S. The highest BCUT2D eigenvalue weighted by atomic mass is 32.2. The molecule has 28 heavy (non-hydrogen) atoms. The number of nitrogens with zero attached hydrogens (tertiary/aromatic N) is 1. The molecule has 0 radical (unpaired) electrons. The van der Waals surface area contributed by atoms with Crippen molar-refractivity contribution in [3.8, 4) is 6.07 Å². The van der Waals surface area contributed by atoms with Crippen molar-refractivity contribution >= 4 is 16.0 Å². The molecule has 10 heteroatoms. The summed E-state index contributed by atoms with van der Waals surface area (Å²) in [4.78, 5) is 11.9. The van der Waals surface area contributed by atoms with E-state index in [-0.39, 0.29) is 30.0 Å². The van der Waals surface area contributed by atoms with Crippen LogP contribution in [0.15, 0.2) is 53.4 Å². The van der Waals surface area contributed by atoms with Gasteiger partial charge >= 0.3 is 12.1 Å². The van der Waals surface area contributed by atoms with E-state index in [4.69, 9.17) is 10.00 Å². The van der Waals surface area contributed by atoms with Crippen LogP contribution in [0, 0.1) is 11.3 Å². The molecule has 0 aliphatic rings. The predicted molar refractivity (Wildman–Crippen MR) is 92.4 cm³/mol. The summed E-state index contributed by atoms with van der Waals surface area (Å²) in [6, 6.07) is 10.9. The molecular weight excluding hydrogens is 397 g/mol. The van der Waals surface area contributed by atoms with Crippen molar-refractivity contribution in [3.05, 3.63) is 65.2 Å². The molecule has 0 heterocycles. The number of nitriles is 1. The maximum atomic E-state index is 12.5. The first-order chi connectivity index (χ1) is 13.1. The summed E-state index contributed by atoms with van der Waals surface area (Å²) in [6.45, 7) is -0.261.